The van der Waals surface area contributed by atoms with Crippen molar-refractivity contribution in [3.8, 4) is 5.75 Å². The summed E-state index contributed by atoms with van der Waals surface area (Å²) in [6.07, 6.45) is 2.30. The van der Waals surface area contributed by atoms with Crippen LogP contribution in [-0.4, -0.2) is 51.1 Å². The topological polar surface area (TPSA) is 79.1 Å². The Morgan fingerprint density at radius 1 is 1.19 bits per heavy atom. The minimum absolute atomic E-state index is 0.182. The molecule has 1 aromatic carbocycles. The van der Waals surface area contributed by atoms with Crippen molar-refractivity contribution in [1.29, 1.82) is 0 Å². The Kier molecular flexibility index (Phi) is 7.73. The predicted octanol–water partition coefficient (Wildman–Crippen LogP) is 2.42. The smallest absolute Gasteiger partial charge is 0.287 e. The molecule has 0 spiro atoms. The molecule has 0 unspecified atom stereocenters. The van der Waals surface area contributed by atoms with Crippen LogP contribution >= 0.6 is 0 Å². The normalized spacial score (nSPS) is 11.2. The zero-order chi connectivity index (χ0) is 19.6. The van der Waals surface area contributed by atoms with Crippen LogP contribution in [0.25, 0.3) is 0 Å². The molecular formula is C20H28N4O3. The fraction of sp³-hybridized carbons (Fsp3) is 0.400. The molecule has 7 nitrogen and oxygen atoms in total. The molecule has 1 aromatic heterocycles. The summed E-state index contributed by atoms with van der Waals surface area (Å²) in [5.74, 6) is 1.84. The SMILES string of the molecule is CN=C(NCCCNC(=O)c1occc1C)N(C)Cc1ccc(OC)cc1. The van der Waals surface area contributed by atoms with E-state index < -0.39 is 0 Å². The van der Waals surface area contributed by atoms with Crippen molar-refractivity contribution in [2.24, 2.45) is 4.99 Å². The van der Waals surface area contributed by atoms with Gasteiger partial charge in [0.15, 0.2) is 11.7 Å². The Hall–Kier alpha value is -2.96. The highest BCUT2D eigenvalue weighted by Crippen LogP contribution is 2.12. The predicted molar refractivity (Wildman–Crippen MR) is 106 cm³/mol. The number of rotatable bonds is 8. The molecule has 7 heteroatoms. The van der Waals surface area contributed by atoms with E-state index in [9.17, 15) is 4.79 Å². The van der Waals surface area contributed by atoms with E-state index in [4.69, 9.17) is 9.15 Å². The number of hydrogen-bond acceptors (Lipinski definition) is 4. The van der Waals surface area contributed by atoms with Crippen LogP contribution in [0.3, 0.4) is 0 Å². The van der Waals surface area contributed by atoms with Crippen LogP contribution < -0.4 is 15.4 Å². The Balaban J connectivity index is 1.71. The molecule has 27 heavy (non-hydrogen) atoms. The third-order valence-corrected chi connectivity index (χ3v) is 4.14. The molecule has 0 aliphatic heterocycles. The molecule has 0 bridgehead atoms. The van der Waals surface area contributed by atoms with Crippen LogP contribution in [0.1, 0.15) is 28.1 Å². The summed E-state index contributed by atoms with van der Waals surface area (Å²) in [6.45, 7) is 3.85. The van der Waals surface area contributed by atoms with Gasteiger partial charge < -0.3 is 24.7 Å². The van der Waals surface area contributed by atoms with Gasteiger partial charge in [0, 0.05) is 39.3 Å². The zero-order valence-corrected chi connectivity index (χ0v) is 16.4. The van der Waals surface area contributed by atoms with Gasteiger partial charge in [-0.1, -0.05) is 12.1 Å². The molecule has 2 aromatic rings. The number of aryl methyl sites for hydroxylation is 1. The number of nitrogens with one attached hydrogen (secondary N) is 2. The van der Waals surface area contributed by atoms with Crippen molar-refractivity contribution < 1.29 is 13.9 Å². The van der Waals surface area contributed by atoms with Gasteiger partial charge in [-0.15, -0.1) is 0 Å². The highest BCUT2D eigenvalue weighted by atomic mass is 16.5. The Morgan fingerprint density at radius 3 is 2.48 bits per heavy atom. The lowest BCUT2D eigenvalue weighted by atomic mass is 10.2. The molecule has 0 saturated carbocycles. The maximum Gasteiger partial charge on any atom is 0.287 e. The second-order valence-electron chi connectivity index (χ2n) is 6.22. The lowest BCUT2D eigenvalue weighted by Crippen LogP contribution is -2.39. The fourth-order valence-electron chi connectivity index (χ4n) is 2.64. The maximum atomic E-state index is 12.0. The van der Waals surface area contributed by atoms with Crippen LogP contribution in [0.5, 0.6) is 5.75 Å². The minimum Gasteiger partial charge on any atom is -0.497 e. The Labute approximate surface area is 160 Å². The lowest BCUT2D eigenvalue weighted by Gasteiger charge is -2.22. The van der Waals surface area contributed by atoms with Crippen molar-refractivity contribution in [1.82, 2.24) is 15.5 Å². The standard InChI is InChI=1S/C20H28N4O3/c1-15-10-13-27-18(15)19(25)22-11-5-12-23-20(21-2)24(3)14-16-6-8-17(26-4)9-7-16/h6-10,13H,5,11-12,14H2,1-4H3,(H,21,23)(H,22,25). The lowest BCUT2D eigenvalue weighted by molar-refractivity contribution is 0.0925. The van der Waals surface area contributed by atoms with Crippen LogP contribution in [0, 0.1) is 6.92 Å². The van der Waals surface area contributed by atoms with E-state index in [0.29, 0.717) is 18.8 Å². The third-order valence-electron chi connectivity index (χ3n) is 4.14. The number of carbonyl (C=O) groups is 1. The van der Waals surface area contributed by atoms with E-state index in [1.165, 1.54) is 11.8 Å². The van der Waals surface area contributed by atoms with E-state index >= 15 is 0 Å². The van der Waals surface area contributed by atoms with Gasteiger partial charge in [0.25, 0.3) is 5.91 Å². The second-order valence-corrected chi connectivity index (χ2v) is 6.22. The quantitative estimate of drug-likeness (QED) is 0.423. The van der Waals surface area contributed by atoms with Gasteiger partial charge >= 0.3 is 0 Å². The minimum atomic E-state index is -0.182. The number of methoxy groups -OCH3 is 1. The zero-order valence-electron chi connectivity index (χ0n) is 16.4. The number of benzene rings is 1. The van der Waals surface area contributed by atoms with E-state index in [-0.39, 0.29) is 5.91 Å². The van der Waals surface area contributed by atoms with Gasteiger partial charge in [-0.3, -0.25) is 9.79 Å². The first kappa shape index (κ1) is 20.4. The van der Waals surface area contributed by atoms with Crippen LogP contribution in [-0.2, 0) is 6.54 Å². The first-order chi connectivity index (χ1) is 13.0. The monoisotopic (exact) mass is 372 g/mol. The molecule has 0 aliphatic rings. The summed E-state index contributed by atoms with van der Waals surface area (Å²) in [6, 6.07) is 9.74. The van der Waals surface area contributed by atoms with Gasteiger partial charge in [0.2, 0.25) is 0 Å². The van der Waals surface area contributed by atoms with Crippen molar-refractivity contribution in [2.45, 2.75) is 19.9 Å². The number of aliphatic imine (C=N–C) groups is 1. The molecule has 1 heterocycles. The van der Waals surface area contributed by atoms with Crippen molar-refractivity contribution in [3.63, 3.8) is 0 Å². The number of hydrogen-bond donors (Lipinski definition) is 2. The summed E-state index contributed by atoms with van der Waals surface area (Å²) < 4.78 is 10.4. The second kappa shape index (κ2) is 10.3. The Morgan fingerprint density at radius 2 is 1.89 bits per heavy atom. The van der Waals surface area contributed by atoms with E-state index in [0.717, 1.165) is 30.2 Å². The van der Waals surface area contributed by atoms with E-state index in [1.807, 2.05) is 43.1 Å². The number of amides is 1. The average molecular weight is 372 g/mol. The number of nitrogens with zero attached hydrogens (tertiary/aromatic N) is 2. The molecule has 0 radical (unpaired) electrons. The van der Waals surface area contributed by atoms with Crippen molar-refractivity contribution in [2.75, 3.05) is 34.3 Å². The Bertz CT molecular complexity index is 753. The van der Waals surface area contributed by atoms with Crippen LogP contribution in [0.4, 0.5) is 0 Å². The largest absolute Gasteiger partial charge is 0.497 e. The molecule has 0 saturated heterocycles. The van der Waals surface area contributed by atoms with Gasteiger partial charge in [-0.05, 0) is 37.1 Å². The summed E-state index contributed by atoms with van der Waals surface area (Å²) in [5, 5.41) is 6.17. The van der Waals surface area contributed by atoms with E-state index in [2.05, 4.69) is 15.6 Å². The van der Waals surface area contributed by atoms with Gasteiger partial charge in [0.05, 0.1) is 13.4 Å². The number of ether oxygens (including phenoxy) is 1. The molecule has 2 N–H and O–H groups in total. The van der Waals surface area contributed by atoms with Gasteiger partial charge in [-0.25, -0.2) is 0 Å². The molecular weight excluding hydrogens is 344 g/mol. The average Bonchev–Trinajstić information content (AvgIpc) is 3.11. The van der Waals surface area contributed by atoms with Crippen LogP contribution in [0.2, 0.25) is 0 Å². The summed E-state index contributed by atoms with van der Waals surface area (Å²) in [7, 11) is 5.40. The fourth-order valence-corrected chi connectivity index (χ4v) is 2.64. The highest BCUT2D eigenvalue weighted by Gasteiger charge is 2.11. The molecule has 0 fully saturated rings. The summed E-state index contributed by atoms with van der Waals surface area (Å²) >= 11 is 0. The van der Waals surface area contributed by atoms with Crippen molar-refractivity contribution >= 4 is 11.9 Å². The van der Waals surface area contributed by atoms with E-state index in [1.54, 1.807) is 20.2 Å². The molecule has 146 valence electrons. The third kappa shape index (κ3) is 6.06. The molecule has 2 rings (SSSR count). The first-order valence-corrected chi connectivity index (χ1v) is 8.92. The van der Waals surface area contributed by atoms with Gasteiger partial charge in [-0.2, -0.15) is 0 Å². The highest BCUT2D eigenvalue weighted by molar-refractivity contribution is 5.92. The molecule has 0 aliphatic carbocycles. The number of guanidine groups is 1. The first-order valence-electron chi connectivity index (χ1n) is 8.92. The number of furan rings is 1. The molecule has 0 atom stereocenters. The number of carbonyl (C=O) groups excluding carboxylic acids is 1. The van der Waals surface area contributed by atoms with Crippen molar-refractivity contribution in [3.05, 3.63) is 53.5 Å². The maximum absolute atomic E-state index is 12.0. The molecule has 1 amide bonds. The van der Waals surface area contributed by atoms with Crippen LogP contribution in [0.15, 0.2) is 46.0 Å². The summed E-state index contributed by atoms with van der Waals surface area (Å²) in [5.41, 5.74) is 2.01. The summed E-state index contributed by atoms with van der Waals surface area (Å²) in [4.78, 5) is 18.3. The van der Waals surface area contributed by atoms with Gasteiger partial charge in [0.1, 0.15) is 5.75 Å².